The van der Waals surface area contributed by atoms with Gasteiger partial charge in [-0.05, 0) is 31.9 Å². The van der Waals surface area contributed by atoms with Crippen molar-refractivity contribution in [1.82, 2.24) is 10.2 Å². The molecule has 1 aromatic rings. The lowest BCUT2D eigenvalue weighted by atomic mass is 9.92. The highest BCUT2D eigenvalue weighted by Gasteiger charge is 2.29. The van der Waals surface area contributed by atoms with Gasteiger partial charge in [0, 0.05) is 12.1 Å². The van der Waals surface area contributed by atoms with Crippen molar-refractivity contribution in [2.45, 2.75) is 49.6 Å². The van der Waals surface area contributed by atoms with Gasteiger partial charge in [-0.25, -0.2) is 18.6 Å². The Bertz CT molecular complexity index is 513. The quantitative estimate of drug-likeness (QED) is 0.733. The first-order valence-electron chi connectivity index (χ1n) is 6.51. The molecule has 2 rings (SSSR count). The second-order valence-electron chi connectivity index (χ2n) is 5.06. The van der Waals surface area contributed by atoms with E-state index < -0.39 is 10.0 Å². The summed E-state index contributed by atoms with van der Waals surface area (Å²) in [6, 6.07) is 6.28. The Morgan fingerprint density at radius 2 is 1.68 bits per heavy atom. The summed E-state index contributed by atoms with van der Waals surface area (Å²) in [7, 11) is -3.52. The fraction of sp³-hybridized carbons (Fsp3) is 0.538. The molecule has 1 aliphatic rings. The number of hydroxylamine groups is 1. The van der Waals surface area contributed by atoms with Crippen molar-refractivity contribution < 1.29 is 13.6 Å². The highest BCUT2D eigenvalue weighted by atomic mass is 32.2. The number of hydrogen-bond acceptors (Lipinski definition) is 4. The van der Waals surface area contributed by atoms with E-state index in [1.165, 1.54) is 0 Å². The van der Waals surface area contributed by atoms with Gasteiger partial charge >= 0.3 is 0 Å². The second kappa shape index (κ2) is 6.00. The van der Waals surface area contributed by atoms with Crippen LogP contribution < -0.4 is 10.2 Å². The fourth-order valence-electron chi connectivity index (χ4n) is 2.41. The summed E-state index contributed by atoms with van der Waals surface area (Å²) in [5.41, 5.74) is 3.23. The third-order valence-electron chi connectivity index (χ3n) is 3.57. The molecule has 106 valence electrons. The van der Waals surface area contributed by atoms with Gasteiger partial charge in [0.2, 0.25) is 10.0 Å². The maximum absolute atomic E-state index is 12.3. The van der Waals surface area contributed by atoms with E-state index in [9.17, 15) is 8.42 Å². The summed E-state index contributed by atoms with van der Waals surface area (Å²) in [5, 5.41) is 9.08. The molecular weight excluding hydrogens is 264 g/mol. The Kier molecular flexibility index (Phi) is 4.57. The number of hydrogen-bond donors (Lipinski definition) is 3. The highest BCUT2D eigenvalue weighted by Crippen LogP contribution is 2.20. The molecule has 0 aliphatic heterocycles. The second-order valence-corrected chi connectivity index (χ2v) is 6.77. The maximum Gasteiger partial charge on any atom is 0.240 e. The first kappa shape index (κ1) is 14.5. The Labute approximate surface area is 114 Å². The molecule has 1 fully saturated rings. The van der Waals surface area contributed by atoms with Crippen molar-refractivity contribution in [2.75, 3.05) is 0 Å². The molecule has 0 bridgehead atoms. The first-order chi connectivity index (χ1) is 9.03. The molecule has 0 aromatic heterocycles. The van der Waals surface area contributed by atoms with Crippen LogP contribution in [0.25, 0.3) is 0 Å². The lowest BCUT2D eigenvalue weighted by Crippen LogP contribution is -2.50. The van der Waals surface area contributed by atoms with Crippen LogP contribution in [-0.2, 0) is 10.0 Å². The molecule has 1 saturated carbocycles. The Morgan fingerprint density at radius 3 is 2.26 bits per heavy atom. The number of nitrogens with one attached hydrogen (secondary N) is 2. The van der Waals surface area contributed by atoms with E-state index in [4.69, 9.17) is 5.21 Å². The van der Waals surface area contributed by atoms with Crippen LogP contribution in [0.15, 0.2) is 29.2 Å². The minimum atomic E-state index is -3.52. The van der Waals surface area contributed by atoms with Crippen LogP contribution in [0.2, 0.25) is 0 Å². The predicted octanol–water partition coefficient (Wildman–Crippen LogP) is 1.56. The van der Waals surface area contributed by atoms with Gasteiger partial charge in [0.1, 0.15) is 0 Å². The van der Waals surface area contributed by atoms with Crippen LogP contribution >= 0.6 is 0 Å². The van der Waals surface area contributed by atoms with Crippen LogP contribution in [0.4, 0.5) is 0 Å². The van der Waals surface area contributed by atoms with E-state index in [1.54, 1.807) is 24.3 Å². The molecule has 3 N–H and O–H groups in total. The van der Waals surface area contributed by atoms with E-state index in [1.807, 2.05) is 6.92 Å². The van der Waals surface area contributed by atoms with Crippen molar-refractivity contribution >= 4 is 10.0 Å². The maximum atomic E-state index is 12.3. The topological polar surface area (TPSA) is 78.4 Å². The van der Waals surface area contributed by atoms with Crippen LogP contribution in [-0.4, -0.2) is 25.7 Å². The summed E-state index contributed by atoms with van der Waals surface area (Å²) >= 11 is 0. The number of sulfonamides is 1. The van der Waals surface area contributed by atoms with Crippen molar-refractivity contribution in [3.63, 3.8) is 0 Å². The number of aryl methyl sites for hydroxylation is 1. The van der Waals surface area contributed by atoms with Crippen LogP contribution in [0, 0.1) is 6.92 Å². The summed E-state index contributed by atoms with van der Waals surface area (Å²) < 4.78 is 27.2. The molecule has 19 heavy (non-hydrogen) atoms. The smallest absolute Gasteiger partial charge is 0.240 e. The standard InChI is InChI=1S/C13H20N2O3S/c1-10-6-8-11(9-7-10)19(17,18)15-13-5-3-2-4-12(13)14-16/h6-9,12-16H,2-5H2,1H3/t12-,13-/m1/s1. The molecule has 2 atom stereocenters. The number of rotatable bonds is 4. The first-order valence-corrected chi connectivity index (χ1v) is 8.00. The summed E-state index contributed by atoms with van der Waals surface area (Å²) in [6.07, 6.45) is 3.49. The monoisotopic (exact) mass is 284 g/mol. The van der Waals surface area contributed by atoms with E-state index in [2.05, 4.69) is 10.2 Å². The average molecular weight is 284 g/mol. The van der Waals surface area contributed by atoms with Gasteiger partial charge in [-0.1, -0.05) is 30.5 Å². The van der Waals surface area contributed by atoms with Gasteiger partial charge in [0.15, 0.2) is 0 Å². The molecule has 1 aromatic carbocycles. The van der Waals surface area contributed by atoms with E-state index >= 15 is 0 Å². The van der Waals surface area contributed by atoms with E-state index in [0.717, 1.165) is 31.2 Å². The lowest BCUT2D eigenvalue weighted by Gasteiger charge is -2.30. The predicted molar refractivity (Wildman–Crippen MR) is 72.5 cm³/mol. The lowest BCUT2D eigenvalue weighted by molar-refractivity contribution is 0.0930. The zero-order chi connectivity index (χ0) is 13.9. The van der Waals surface area contributed by atoms with Gasteiger partial charge in [-0.15, -0.1) is 0 Å². The van der Waals surface area contributed by atoms with Crippen molar-refractivity contribution in [3.8, 4) is 0 Å². The molecule has 0 unspecified atom stereocenters. The third kappa shape index (κ3) is 3.54. The van der Waals surface area contributed by atoms with Crippen LogP contribution in [0.1, 0.15) is 31.2 Å². The number of benzene rings is 1. The summed E-state index contributed by atoms with van der Waals surface area (Å²) in [5.74, 6) is 0. The van der Waals surface area contributed by atoms with Gasteiger partial charge in [-0.2, -0.15) is 0 Å². The fourth-order valence-corrected chi connectivity index (χ4v) is 3.72. The molecule has 6 heteroatoms. The Morgan fingerprint density at radius 1 is 1.11 bits per heavy atom. The van der Waals surface area contributed by atoms with Gasteiger partial charge in [-0.3, -0.25) is 0 Å². The Hall–Kier alpha value is -0.950. The average Bonchev–Trinajstić information content (AvgIpc) is 2.39. The molecule has 0 spiro atoms. The van der Waals surface area contributed by atoms with Gasteiger partial charge in [0.05, 0.1) is 4.90 Å². The highest BCUT2D eigenvalue weighted by molar-refractivity contribution is 7.89. The SMILES string of the molecule is Cc1ccc(S(=O)(=O)N[C@@H]2CCCC[C@H]2NO)cc1. The minimum absolute atomic E-state index is 0.214. The normalized spacial score (nSPS) is 24.3. The van der Waals surface area contributed by atoms with Crippen molar-refractivity contribution in [2.24, 2.45) is 0 Å². The summed E-state index contributed by atoms with van der Waals surface area (Å²) in [6.45, 7) is 1.91. The third-order valence-corrected chi connectivity index (χ3v) is 5.08. The molecule has 5 nitrogen and oxygen atoms in total. The minimum Gasteiger partial charge on any atom is -0.316 e. The zero-order valence-electron chi connectivity index (χ0n) is 11.0. The Balaban J connectivity index is 2.14. The largest absolute Gasteiger partial charge is 0.316 e. The van der Waals surface area contributed by atoms with Crippen LogP contribution in [0.3, 0.4) is 0 Å². The van der Waals surface area contributed by atoms with E-state index in [0.29, 0.717) is 0 Å². The van der Waals surface area contributed by atoms with Gasteiger partial charge < -0.3 is 5.21 Å². The van der Waals surface area contributed by atoms with Crippen molar-refractivity contribution in [1.29, 1.82) is 0 Å². The zero-order valence-corrected chi connectivity index (χ0v) is 11.8. The van der Waals surface area contributed by atoms with Crippen LogP contribution in [0.5, 0.6) is 0 Å². The van der Waals surface area contributed by atoms with Gasteiger partial charge in [0.25, 0.3) is 0 Å². The summed E-state index contributed by atoms with van der Waals surface area (Å²) in [4.78, 5) is 0.264. The van der Waals surface area contributed by atoms with E-state index in [-0.39, 0.29) is 17.0 Å². The molecule has 0 radical (unpaired) electrons. The molecule has 0 amide bonds. The molecule has 1 aliphatic carbocycles. The molecule has 0 heterocycles. The molecule has 0 saturated heterocycles. The van der Waals surface area contributed by atoms with Crippen molar-refractivity contribution in [3.05, 3.63) is 29.8 Å². The molecular formula is C13H20N2O3S.